The van der Waals surface area contributed by atoms with Gasteiger partial charge in [-0.2, -0.15) is 0 Å². The Balaban J connectivity index is 2.12. The van der Waals surface area contributed by atoms with Gasteiger partial charge in [0.1, 0.15) is 18.1 Å². The maximum absolute atomic E-state index is 13.1. The summed E-state index contributed by atoms with van der Waals surface area (Å²) in [5, 5.41) is 62.6. The molecule has 21 heteroatoms. The molecule has 2 rings (SSSR count). The summed E-state index contributed by atoms with van der Waals surface area (Å²) in [6.07, 6.45) is 0.178. The van der Waals surface area contributed by atoms with E-state index in [2.05, 4.69) is 26.3 Å². The van der Waals surface area contributed by atoms with Crippen LogP contribution in [0.15, 0.2) is 24.4 Å². The van der Waals surface area contributed by atoms with Crippen LogP contribution in [0.3, 0.4) is 0 Å². The number of aliphatic carboxylic acids is 5. The minimum atomic E-state index is -1.57. The number of hydrogen-bond donors (Lipinski definition) is 9. The van der Waals surface area contributed by atoms with E-state index in [1.807, 2.05) is 5.32 Å². The number of unbranched alkanes of at least 4 members (excludes halogenated alkanes) is 1. The van der Waals surface area contributed by atoms with Crippen molar-refractivity contribution in [3.8, 4) is 5.69 Å². The summed E-state index contributed by atoms with van der Waals surface area (Å²) in [5.41, 5.74) is 0.320. The Bertz CT molecular complexity index is 1600. The molecular weight excluding hydrogens is 685 g/mol. The molecule has 0 fully saturated rings. The van der Waals surface area contributed by atoms with E-state index in [0.29, 0.717) is 5.69 Å². The second kappa shape index (κ2) is 20.4. The first-order chi connectivity index (χ1) is 24.1. The summed E-state index contributed by atoms with van der Waals surface area (Å²) in [5.74, 6) is -8.60. The van der Waals surface area contributed by atoms with Crippen molar-refractivity contribution in [3.05, 3.63) is 41.2 Å². The third kappa shape index (κ3) is 14.5. The van der Waals surface area contributed by atoms with Crippen LogP contribution in [0.2, 0.25) is 0 Å². The predicted molar refractivity (Wildman–Crippen MR) is 169 cm³/mol. The molecule has 3 atom stereocenters. The zero-order chi connectivity index (χ0) is 38.1. The number of aryl methyl sites for hydroxylation is 1. The molecule has 51 heavy (non-hydrogen) atoms. The molecule has 0 bridgehead atoms. The molecule has 0 aliphatic rings. The SMILES string of the molecule is O=C(O)CC[C@H](NC(=O)NC(CCCCNC(=O)c1cc(C(=O)N[C@@H](CCC(=O)O)C(=O)O)cc(-n2cc(CCCF)nn2)c1)C(=O)O)C(=O)O. The molecule has 0 saturated carbocycles. The van der Waals surface area contributed by atoms with E-state index in [0.717, 1.165) is 6.07 Å². The van der Waals surface area contributed by atoms with Gasteiger partial charge in [-0.15, -0.1) is 5.10 Å². The van der Waals surface area contributed by atoms with Crippen molar-refractivity contribution >= 4 is 47.7 Å². The number of aromatic nitrogens is 3. The largest absolute Gasteiger partial charge is 0.481 e. The molecule has 1 aromatic heterocycles. The van der Waals surface area contributed by atoms with Crippen LogP contribution in [0.1, 0.15) is 77.8 Å². The molecule has 278 valence electrons. The maximum Gasteiger partial charge on any atom is 0.326 e. The maximum atomic E-state index is 13.1. The highest BCUT2D eigenvalue weighted by Crippen LogP contribution is 2.16. The summed E-state index contributed by atoms with van der Waals surface area (Å²) < 4.78 is 13.9. The zero-order valence-corrected chi connectivity index (χ0v) is 27.0. The van der Waals surface area contributed by atoms with Crippen LogP contribution in [0.25, 0.3) is 5.69 Å². The number of carbonyl (C=O) groups is 8. The van der Waals surface area contributed by atoms with Gasteiger partial charge in [-0.25, -0.2) is 23.9 Å². The number of benzene rings is 1. The van der Waals surface area contributed by atoms with Gasteiger partial charge in [-0.1, -0.05) is 5.21 Å². The number of alkyl halides is 1. The number of rotatable bonds is 23. The fraction of sp³-hybridized carbons (Fsp3) is 0.467. The van der Waals surface area contributed by atoms with Crippen molar-refractivity contribution < 1.29 is 68.3 Å². The number of urea groups is 1. The topological polar surface area (TPSA) is 317 Å². The molecule has 0 saturated heterocycles. The van der Waals surface area contributed by atoms with Gasteiger partial charge in [0.15, 0.2) is 0 Å². The number of hydrogen-bond acceptors (Lipinski definition) is 10. The van der Waals surface area contributed by atoms with Gasteiger partial charge in [-0.3, -0.25) is 23.6 Å². The average Bonchev–Trinajstić information content (AvgIpc) is 3.55. The number of amides is 4. The molecule has 2 aromatic rings. The molecule has 0 aliphatic carbocycles. The van der Waals surface area contributed by atoms with Crippen LogP contribution in [-0.2, 0) is 30.4 Å². The monoisotopic (exact) mass is 723 g/mol. The Morgan fingerprint density at radius 2 is 1.22 bits per heavy atom. The summed E-state index contributed by atoms with van der Waals surface area (Å²) in [6.45, 7) is -0.599. The summed E-state index contributed by atoms with van der Waals surface area (Å²) >= 11 is 0. The number of carbonyl (C=O) groups excluding carboxylic acids is 3. The average molecular weight is 724 g/mol. The third-order valence-electron chi connectivity index (χ3n) is 7.12. The molecular formula is C30H38FN7O13. The second-order valence-corrected chi connectivity index (χ2v) is 11.1. The third-order valence-corrected chi connectivity index (χ3v) is 7.12. The number of nitrogens with zero attached hydrogens (tertiary/aromatic N) is 3. The highest BCUT2D eigenvalue weighted by molar-refractivity contribution is 6.01. The van der Waals surface area contributed by atoms with Gasteiger partial charge in [0.05, 0.1) is 24.3 Å². The molecule has 1 heterocycles. The highest BCUT2D eigenvalue weighted by atomic mass is 19.1. The Labute approximate surface area is 288 Å². The lowest BCUT2D eigenvalue weighted by Crippen LogP contribution is -2.51. The van der Waals surface area contributed by atoms with E-state index >= 15 is 0 Å². The lowest BCUT2D eigenvalue weighted by molar-refractivity contribution is -0.142. The summed E-state index contributed by atoms with van der Waals surface area (Å²) in [4.78, 5) is 94.6. The van der Waals surface area contributed by atoms with Crippen molar-refractivity contribution in [2.45, 2.75) is 75.9 Å². The number of halogens is 1. The smallest absolute Gasteiger partial charge is 0.326 e. The number of carboxylic acids is 5. The Morgan fingerprint density at radius 3 is 1.75 bits per heavy atom. The first-order valence-electron chi connectivity index (χ1n) is 15.5. The van der Waals surface area contributed by atoms with E-state index < -0.39 is 98.2 Å². The Morgan fingerprint density at radius 1 is 0.686 bits per heavy atom. The fourth-order valence-electron chi connectivity index (χ4n) is 4.48. The van der Waals surface area contributed by atoms with Crippen LogP contribution >= 0.6 is 0 Å². The van der Waals surface area contributed by atoms with Gasteiger partial charge in [-0.05, 0) is 63.1 Å². The fourth-order valence-corrected chi connectivity index (χ4v) is 4.48. The van der Waals surface area contributed by atoms with Crippen LogP contribution in [0, 0.1) is 0 Å². The molecule has 1 aromatic carbocycles. The predicted octanol–water partition coefficient (Wildman–Crippen LogP) is 0.188. The van der Waals surface area contributed by atoms with Crippen LogP contribution in [0.5, 0.6) is 0 Å². The summed E-state index contributed by atoms with van der Waals surface area (Å²) in [6, 6.07) is -1.91. The molecule has 4 amide bonds. The van der Waals surface area contributed by atoms with Gasteiger partial charge >= 0.3 is 35.9 Å². The quantitative estimate of drug-likeness (QED) is 0.0691. The summed E-state index contributed by atoms with van der Waals surface area (Å²) in [7, 11) is 0. The lowest BCUT2D eigenvalue weighted by atomic mass is 10.1. The van der Waals surface area contributed by atoms with E-state index in [4.69, 9.17) is 10.2 Å². The van der Waals surface area contributed by atoms with Crippen molar-refractivity contribution in [1.82, 2.24) is 36.3 Å². The standard InChI is InChI=1S/C30H38FN7O13/c31-10-3-4-18-15-38(37-36-18)19-13-16(12-17(14-19)26(44)33-21(28(47)48)6-8-23(39)40)25(43)32-11-2-1-5-20(27(45)46)34-30(51)35-22(29(49)50)7-9-24(41)42/h12-15,20-22H,1-11H2,(H,32,43)(H,33,44)(H,39,40)(H,41,42)(H,45,46)(H,47,48)(H,49,50)(H2,34,35,51)/t20?,21-,22-/m0/s1. The molecule has 0 spiro atoms. The van der Waals surface area contributed by atoms with Crippen LogP contribution < -0.4 is 21.3 Å². The first kappa shape index (κ1) is 41.0. The van der Waals surface area contributed by atoms with Gasteiger partial charge in [0.2, 0.25) is 0 Å². The minimum absolute atomic E-state index is 0.00756. The van der Waals surface area contributed by atoms with Crippen LogP contribution in [0.4, 0.5) is 9.18 Å². The minimum Gasteiger partial charge on any atom is -0.481 e. The van der Waals surface area contributed by atoms with E-state index in [1.165, 1.54) is 23.0 Å². The second-order valence-electron chi connectivity index (χ2n) is 11.1. The Kier molecular flexibility index (Phi) is 16.4. The van der Waals surface area contributed by atoms with E-state index in [1.54, 1.807) is 0 Å². The normalized spacial score (nSPS) is 12.5. The Hall–Kier alpha value is -6.15. The molecule has 1 unspecified atom stereocenters. The van der Waals surface area contributed by atoms with Crippen molar-refractivity contribution in [3.63, 3.8) is 0 Å². The van der Waals surface area contributed by atoms with Crippen molar-refractivity contribution in [2.24, 2.45) is 0 Å². The molecule has 0 aliphatic heterocycles. The zero-order valence-electron chi connectivity index (χ0n) is 27.0. The van der Waals surface area contributed by atoms with E-state index in [-0.39, 0.29) is 55.5 Å². The van der Waals surface area contributed by atoms with Crippen LogP contribution in [-0.4, -0.2) is 120 Å². The van der Waals surface area contributed by atoms with Crippen molar-refractivity contribution in [2.75, 3.05) is 13.2 Å². The van der Waals surface area contributed by atoms with Gasteiger partial charge < -0.3 is 46.8 Å². The number of nitrogens with one attached hydrogen (secondary N) is 4. The number of carboxylic acid groups (broad SMARTS) is 5. The molecule has 20 nitrogen and oxygen atoms in total. The first-order valence-corrected chi connectivity index (χ1v) is 15.5. The van der Waals surface area contributed by atoms with Crippen molar-refractivity contribution in [1.29, 1.82) is 0 Å². The van der Waals surface area contributed by atoms with Gasteiger partial charge in [0.25, 0.3) is 11.8 Å². The van der Waals surface area contributed by atoms with E-state index in [9.17, 15) is 58.1 Å². The molecule has 9 N–H and O–H groups in total. The lowest BCUT2D eigenvalue weighted by Gasteiger charge is -2.18. The highest BCUT2D eigenvalue weighted by Gasteiger charge is 2.26. The molecule has 0 radical (unpaired) electrons. The van der Waals surface area contributed by atoms with Gasteiger partial charge in [0, 0.05) is 30.5 Å².